The molecule has 0 radical (unpaired) electrons. The highest BCUT2D eigenvalue weighted by atomic mass is 28.3. The minimum atomic E-state index is -0.913. The van der Waals surface area contributed by atoms with E-state index in [-0.39, 0.29) is 5.54 Å². The molecule has 1 aliphatic rings. The van der Waals surface area contributed by atoms with Crippen LogP contribution >= 0.6 is 0 Å². The van der Waals surface area contributed by atoms with E-state index in [1.807, 2.05) is 0 Å². The third kappa shape index (κ3) is 3.06. The van der Waals surface area contributed by atoms with Gasteiger partial charge in [0.05, 0.1) is 0 Å². The van der Waals surface area contributed by atoms with Gasteiger partial charge in [0.2, 0.25) is 0 Å². The zero-order chi connectivity index (χ0) is 16.6. The van der Waals surface area contributed by atoms with Crippen LogP contribution in [0.5, 0.6) is 0 Å². The summed E-state index contributed by atoms with van der Waals surface area (Å²) in [7, 11) is -0.913. The molecule has 2 aromatic carbocycles. The fraction of sp³-hybridized carbons (Fsp3) is 0.333. The molecule has 0 saturated heterocycles. The van der Waals surface area contributed by atoms with E-state index in [1.165, 1.54) is 22.3 Å². The van der Waals surface area contributed by atoms with Gasteiger partial charge in [0, 0.05) is 20.3 Å². The second-order valence-corrected chi connectivity index (χ2v) is 10.9. The van der Waals surface area contributed by atoms with Crippen molar-refractivity contribution in [2.24, 2.45) is 5.73 Å². The van der Waals surface area contributed by atoms with Gasteiger partial charge in [-0.25, -0.2) is 0 Å². The molecular weight excluding hydrogens is 294 g/mol. The van der Waals surface area contributed by atoms with Gasteiger partial charge in [-0.05, 0) is 41.7 Å². The number of hydrogen-bond donors (Lipinski definition) is 1. The molecule has 0 heterocycles. The van der Waals surface area contributed by atoms with Gasteiger partial charge in [0.25, 0.3) is 0 Å². The molecule has 2 aromatic rings. The zero-order valence-electron chi connectivity index (χ0n) is 14.6. The lowest BCUT2D eigenvalue weighted by atomic mass is 9.87. The van der Waals surface area contributed by atoms with Crippen LogP contribution in [0.1, 0.15) is 36.5 Å². The SMILES string of the molecule is C[SiH](C)C(C1C=C(c2ccccc2)c2ccccc21)C(C)(C)N. The van der Waals surface area contributed by atoms with Crippen molar-refractivity contribution in [3.05, 3.63) is 77.4 Å². The third-order valence-electron chi connectivity index (χ3n) is 5.01. The Morgan fingerprint density at radius 3 is 2.17 bits per heavy atom. The molecule has 0 spiro atoms. The first-order valence-electron chi connectivity index (χ1n) is 8.55. The van der Waals surface area contributed by atoms with E-state index >= 15 is 0 Å². The van der Waals surface area contributed by atoms with E-state index in [0.29, 0.717) is 11.5 Å². The lowest BCUT2D eigenvalue weighted by Gasteiger charge is -2.37. The highest BCUT2D eigenvalue weighted by Crippen LogP contribution is 2.48. The molecule has 1 nitrogen and oxygen atoms in total. The summed E-state index contributed by atoms with van der Waals surface area (Å²) >= 11 is 0. The highest BCUT2D eigenvalue weighted by Gasteiger charge is 2.39. The van der Waals surface area contributed by atoms with Crippen molar-refractivity contribution in [3.63, 3.8) is 0 Å². The van der Waals surface area contributed by atoms with Crippen molar-refractivity contribution in [2.75, 3.05) is 0 Å². The maximum Gasteiger partial charge on any atom is 0.0371 e. The van der Waals surface area contributed by atoms with E-state index in [2.05, 4.69) is 87.6 Å². The van der Waals surface area contributed by atoms with Gasteiger partial charge < -0.3 is 5.73 Å². The molecule has 0 bridgehead atoms. The van der Waals surface area contributed by atoms with Crippen LogP contribution in [0.3, 0.4) is 0 Å². The van der Waals surface area contributed by atoms with Crippen molar-refractivity contribution in [2.45, 2.75) is 43.9 Å². The van der Waals surface area contributed by atoms with Gasteiger partial charge in [-0.1, -0.05) is 73.8 Å². The molecule has 2 atom stereocenters. The van der Waals surface area contributed by atoms with Gasteiger partial charge in [-0.2, -0.15) is 0 Å². The Balaban J connectivity index is 2.13. The predicted molar refractivity (Wildman–Crippen MR) is 104 cm³/mol. The first-order chi connectivity index (χ1) is 10.9. The maximum absolute atomic E-state index is 6.61. The number of hydrogen-bond acceptors (Lipinski definition) is 1. The molecule has 2 unspecified atom stereocenters. The lowest BCUT2D eigenvalue weighted by molar-refractivity contribution is 0.448. The van der Waals surface area contributed by atoms with Crippen molar-refractivity contribution in [1.29, 1.82) is 0 Å². The number of rotatable bonds is 4. The summed E-state index contributed by atoms with van der Waals surface area (Å²) in [5, 5.41) is 0. The zero-order valence-corrected chi connectivity index (χ0v) is 15.7. The van der Waals surface area contributed by atoms with Crippen molar-refractivity contribution >= 4 is 14.4 Å². The van der Waals surface area contributed by atoms with Crippen LogP contribution in [0, 0.1) is 0 Å². The van der Waals surface area contributed by atoms with Gasteiger partial charge in [0.15, 0.2) is 0 Å². The van der Waals surface area contributed by atoms with Crippen LogP contribution in [0.25, 0.3) is 5.57 Å². The van der Waals surface area contributed by atoms with E-state index in [4.69, 9.17) is 5.73 Å². The smallest absolute Gasteiger partial charge is 0.0371 e. The first kappa shape index (κ1) is 16.2. The van der Waals surface area contributed by atoms with Gasteiger partial charge in [0.1, 0.15) is 0 Å². The van der Waals surface area contributed by atoms with Crippen LogP contribution in [0.15, 0.2) is 60.7 Å². The Hall–Kier alpha value is -1.64. The Morgan fingerprint density at radius 2 is 1.57 bits per heavy atom. The second kappa shape index (κ2) is 6.10. The minimum Gasteiger partial charge on any atom is -0.326 e. The fourth-order valence-electron chi connectivity index (χ4n) is 4.30. The van der Waals surface area contributed by atoms with E-state index in [1.54, 1.807) is 0 Å². The maximum atomic E-state index is 6.61. The van der Waals surface area contributed by atoms with Gasteiger partial charge in [-0.3, -0.25) is 0 Å². The largest absolute Gasteiger partial charge is 0.326 e. The topological polar surface area (TPSA) is 26.0 Å². The molecule has 0 amide bonds. The number of nitrogens with two attached hydrogens (primary N) is 1. The molecule has 3 rings (SSSR count). The van der Waals surface area contributed by atoms with Gasteiger partial charge in [-0.15, -0.1) is 0 Å². The Labute approximate surface area is 141 Å². The van der Waals surface area contributed by atoms with Crippen LogP contribution in [0.4, 0.5) is 0 Å². The molecule has 120 valence electrons. The van der Waals surface area contributed by atoms with Crippen molar-refractivity contribution in [3.8, 4) is 0 Å². The summed E-state index contributed by atoms with van der Waals surface area (Å²) < 4.78 is 0. The normalized spacial score (nSPS) is 18.7. The summed E-state index contributed by atoms with van der Waals surface area (Å²) in [5.74, 6) is 0.438. The number of benzene rings is 2. The summed E-state index contributed by atoms with van der Waals surface area (Å²) in [4.78, 5) is 0. The van der Waals surface area contributed by atoms with Crippen molar-refractivity contribution in [1.82, 2.24) is 0 Å². The van der Waals surface area contributed by atoms with Crippen LogP contribution in [-0.2, 0) is 0 Å². The Morgan fingerprint density at radius 1 is 0.957 bits per heavy atom. The lowest BCUT2D eigenvalue weighted by Crippen LogP contribution is -2.44. The molecule has 0 aliphatic heterocycles. The molecule has 0 saturated carbocycles. The molecule has 0 aromatic heterocycles. The summed E-state index contributed by atoms with van der Waals surface area (Å²) in [5.41, 5.74) is 12.5. The van der Waals surface area contributed by atoms with E-state index in [0.717, 1.165) is 0 Å². The van der Waals surface area contributed by atoms with Crippen molar-refractivity contribution < 1.29 is 0 Å². The molecular formula is C21H27NSi. The molecule has 1 aliphatic carbocycles. The third-order valence-corrected chi connectivity index (χ3v) is 7.72. The fourth-order valence-corrected chi connectivity index (χ4v) is 7.16. The van der Waals surface area contributed by atoms with Crippen LogP contribution < -0.4 is 5.73 Å². The quantitative estimate of drug-likeness (QED) is 0.804. The molecule has 23 heavy (non-hydrogen) atoms. The summed E-state index contributed by atoms with van der Waals surface area (Å²) in [6, 6.07) is 19.6. The first-order valence-corrected chi connectivity index (χ1v) is 11.5. The minimum absolute atomic E-state index is 0.152. The van der Waals surface area contributed by atoms with Crippen LogP contribution in [0.2, 0.25) is 18.6 Å². The Bertz CT molecular complexity index is 710. The molecule has 2 heteroatoms. The average molecular weight is 322 g/mol. The van der Waals surface area contributed by atoms with E-state index < -0.39 is 8.80 Å². The van der Waals surface area contributed by atoms with E-state index in [9.17, 15) is 0 Å². The molecule has 0 fully saturated rings. The molecule has 2 N–H and O–H groups in total. The number of allylic oxidation sites excluding steroid dienone is 1. The highest BCUT2D eigenvalue weighted by molar-refractivity contribution is 6.58. The summed E-state index contributed by atoms with van der Waals surface area (Å²) in [6.45, 7) is 9.25. The standard InChI is InChI=1S/C21H27NSi/c1-21(2,22)20(23(3)4)19-14-18(15-10-6-5-7-11-15)16-12-8-9-13-17(16)19/h5-14,19-20,23H,22H2,1-4H3. The Kier molecular flexibility index (Phi) is 4.30. The van der Waals surface area contributed by atoms with Crippen LogP contribution in [-0.4, -0.2) is 14.3 Å². The second-order valence-electron chi connectivity index (χ2n) is 7.65. The predicted octanol–water partition coefficient (Wildman–Crippen LogP) is 4.81. The average Bonchev–Trinajstić information content (AvgIpc) is 2.86. The summed E-state index contributed by atoms with van der Waals surface area (Å²) in [6.07, 6.45) is 2.48. The monoisotopic (exact) mass is 321 g/mol. The number of fused-ring (bicyclic) bond motifs is 1. The van der Waals surface area contributed by atoms with Gasteiger partial charge >= 0.3 is 0 Å².